The van der Waals surface area contributed by atoms with Crippen molar-refractivity contribution in [3.05, 3.63) is 38.3 Å². The smallest absolute Gasteiger partial charge is 0.283 e. The van der Waals surface area contributed by atoms with E-state index in [0.29, 0.717) is 17.1 Å². The zero-order valence-electron chi connectivity index (χ0n) is 11.1. The minimum absolute atomic E-state index is 0.132. The first kappa shape index (κ1) is 14.5. The predicted molar refractivity (Wildman–Crippen MR) is 79.1 cm³/mol. The second kappa shape index (κ2) is 6.48. The van der Waals surface area contributed by atoms with E-state index in [1.165, 1.54) is 31.7 Å². The second-order valence-electron chi connectivity index (χ2n) is 5.22. The van der Waals surface area contributed by atoms with Gasteiger partial charge in [0.1, 0.15) is 0 Å². The highest BCUT2D eigenvalue weighted by Crippen LogP contribution is 2.30. The Bertz CT molecular complexity index is 459. The molecule has 1 atom stereocenters. The van der Waals surface area contributed by atoms with Crippen molar-refractivity contribution in [2.45, 2.75) is 45.2 Å². The van der Waals surface area contributed by atoms with Crippen LogP contribution in [0.25, 0.3) is 0 Å². The van der Waals surface area contributed by atoms with Gasteiger partial charge in [0.2, 0.25) is 0 Å². The normalized spacial score (nSPS) is 17.6. The molecule has 1 saturated carbocycles. The van der Waals surface area contributed by atoms with Crippen LogP contribution in [-0.4, -0.2) is 11.0 Å². The molecule has 1 fully saturated rings. The lowest BCUT2D eigenvalue weighted by atomic mass is 9.99. The van der Waals surface area contributed by atoms with Gasteiger partial charge in [0.15, 0.2) is 0 Å². The van der Waals surface area contributed by atoms with Gasteiger partial charge in [-0.3, -0.25) is 10.1 Å². The second-order valence-corrected chi connectivity index (χ2v) is 6.01. The van der Waals surface area contributed by atoms with Crippen LogP contribution in [0.15, 0.2) is 22.7 Å². The lowest BCUT2D eigenvalue weighted by molar-refractivity contribution is -0.385. The maximum atomic E-state index is 10.9. The summed E-state index contributed by atoms with van der Waals surface area (Å²) in [5, 5.41) is 14.4. The van der Waals surface area contributed by atoms with Crippen LogP contribution < -0.4 is 5.32 Å². The van der Waals surface area contributed by atoms with Gasteiger partial charge in [0.05, 0.1) is 9.40 Å². The van der Waals surface area contributed by atoms with E-state index in [2.05, 4.69) is 28.2 Å². The molecule has 1 unspecified atom stereocenters. The Hall–Kier alpha value is -0.940. The zero-order chi connectivity index (χ0) is 13.8. The Morgan fingerprint density at radius 1 is 1.47 bits per heavy atom. The molecule has 0 heterocycles. The summed E-state index contributed by atoms with van der Waals surface area (Å²) in [6.45, 7) is 2.88. The van der Waals surface area contributed by atoms with Crippen molar-refractivity contribution >= 4 is 21.6 Å². The number of hydrogen-bond acceptors (Lipinski definition) is 3. The van der Waals surface area contributed by atoms with Crippen molar-refractivity contribution in [1.29, 1.82) is 0 Å². The molecule has 0 bridgehead atoms. The van der Waals surface area contributed by atoms with E-state index in [-0.39, 0.29) is 10.6 Å². The van der Waals surface area contributed by atoms with Crippen LogP contribution in [0.3, 0.4) is 0 Å². The number of halogens is 1. The quantitative estimate of drug-likeness (QED) is 0.656. The number of nitrogens with zero attached hydrogens (tertiary/aromatic N) is 1. The summed E-state index contributed by atoms with van der Waals surface area (Å²) >= 11 is 3.33. The van der Waals surface area contributed by atoms with Crippen LogP contribution in [0.1, 0.15) is 38.2 Å². The van der Waals surface area contributed by atoms with Crippen LogP contribution >= 0.6 is 15.9 Å². The van der Waals surface area contributed by atoms with Crippen molar-refractivity contribution in [2.24, 2.45) is 5.92 Å². The average Bonchev–Trinajstić information content (AvgIpc) is 2.90. The molecule has 1 aromatic rings. The van der Waals surface area contributed by atoms with Gasteiger partial charge in [-0.1, -0.05) is 25.0 Å². The SMILES string of the molecule is CC(NCc1cccc([N+](=O)[O-])c1Br)C1CCCC1. The maximum Gasteiger partial charge on any atom is 0.283 e. The number of hydrogen-bond donors (Lipinski definition) is 1. The van der Waals surface area contributed by atoms with E-state index < -0.39 is 0 Å². The van der Waals surface area contributed by atoms with Gasteiger partial charge in [-0.05, 0) is 47.2 Å². The molecule has 4 nitrogen and oxygen atoms in total. The summed E-state index contributed by atoms with van der Waals surface area (Å²) in [5.41, 5.74) is 1.08. The average molecular weight is 327 g/mol. The molecule has 2 rings (SSSR count). The largest absolute Gasteiger partial charge is 0.310 e. The van der Waals surface area contributed by atoms with E-state index in [4.69, 9.17) is 0 Å². The summed E-state index contributed by atoms with van der Waals surface area (Å²) in [5.74, 6) is 0.748. The number of benzene rings is 1. The van der Waals surface area contributed by atoms with E-state index in [1.807, 2.05) is 6.07 Å². The third-order valence-electron chi connectivity index (χ3n) is 3.98. The minimum atomic E-state index is -0.353. The van der Waals surface area contributed by atoms with Gasteiger partial charge in [0.25, 0.3) is 5.69 Å². The van der Waals surface area contributed by atoms with Crippen molar-refractivity contribution in [1.82, 2.24) is 5.32 Å². The molecule has 0 aliphatic heterocycles. The highest BCUT2D eigenvalue weighted by atomic mass is 79.9. The van der Waals surface area contributed by atoms with Crippen molar-refractivity contribution in [3.63, 3.8) is 0 Å². The lowest BCUT2D eigenvalue weighted by Crippen LogP contribution is -2.31. The first-order valence-corrected chi connectivity index (χ1v) is 7.54. The molecule has 0 spiro atoms. The van der Waals surface area contributed by atoms with E-state index >= 15 is 0 Å². The Kier molecular flexibility index (Phi) is 4.93. The topological polar surface area (TPSA) is 55.2 Å². The summed E-state index contributed by atoms with van der Waals surface area (Å²) in [6, 6.07) is 5.65. The molecule has 5 heteroatoms. The van der Waals surface area contributed by atoms with Gasteiger partial charge in [-0.25, -0.2) is 0 Å². The van der Waals surface area contributed by atoms with Gasteiger partial charge in [-0.2, -0.15) is 0 Å². The monoisotopic (exact) mass is 326 g/mol. The lowest BCUT2D eigenvalue weighted by Gasteiger charge is -2.20. The molecule has 19 heavy (non-hydrogen) atoms. The molecule has 104 valence electrons. The highest BCUT2D eigenvalue weighted by molar-refractivity contribution is 9.10. The summed E-state index contributed by atoms with van der Waals surface area (Å²) in [6.07, 6.45) is 5.25. The van der Waals surface area contributed by atoms with Crippen LogP contribution in [0.2, 0.25) is 0 Å². The Balaban J connectivity index is 1.99. The fourth-order valence-electron chi connectivity index (χ4n) is 2.74. The molecule has 1 aliphatic carbocycles. The van der Waals surface area contributed by atoms with Gasteiger partial charge >= 0.3 is 0 Å². The number of rotatable bonds is 5. The third-order valence-corrected chi connectivity index (χ3v) is 4.89. The van der Waals surface area contributed by atoms with Crippen molar-refractivity contribution in [2.75, 3.05) is 0 Å². The summed E-state index contributed by atoms with van der Waals surface area (Å²) in [7, 11) is 0. The molecule has 0 radical (unpaired) electrons. The fourth-order valence-corrected chi connectivity index (χ4v) is 3.29. The standard InChI is InChI=1S/C14H19BrN2O2/c1-10(11-5-2-3-6-11)16-9-12-7-4-8-13(14(12)15)17(18)19/h4,7-8,10-11,16H,2-3,5-6,9H2,1H3. The third kappa shape index (κ3) is 3.54. The molecule has 0 amide bonds. The maximum absolute atomic E-state index is 10.9. The van der Waals surface area contributed by atoms with Crippen molar-refractivity contribution in [3.8, 4) is 0 Å². The molecular formula is C14H19BrN2O2. The Labute approximate surface area is 121 Å². The van der Waals surface area contributed by atoms with Crippen LogP contribution in [0.5, 0.6) is 0 Å². The van der Waals surface area contributed by atoms with E-state index in [9.17, 15) is 10.1 Å². The fraction of sp³-hybridized carbons (Fsp3) is 0.571. The molecule has 0 saturated heterocycles. The zero-order valence-corrected chi connectivity index (χ0v) is 12.6. The van der Waals surface area contributed by atoms with Gasteiger partial charge < -0.3 is 5.32 Å². The molecule has 0 aromatic heterocycles. The predicted octanol–water partition coefficient (Wildman–Crippen LogP) is 4.03. The first-order chi connectivity index (χ1) is 9.09. The van der Waals surface area contributed by atoms with Crippen LogP contribution in [0, 0.1) is 16.0 Å². The van der Waals surface area contributed by atoms with Crippen molar-refractivity contribution < 1.29 is 4.92 Å². The molecule has 1 aliphatic rings. The number of nitro groups is 1. The summed E-state index contributed by atoms with van der Waals surface area (Å²) in [4.78, 5) is 10.5. The minimum Gasteiger partial charge on any atom is -0.310 e. The molecular weight excluding hydrogens is 308 g/mol. The Morgan fingerprint density at radius 3 is 2.79 bits per heavy atom. The molecule has 1 N–H and O–H groups in total. The molecule has 1 aromatic carbocycles. The number of nitro benzene ring substituents is 1. The Morgan fingerprint density at radius 2 is 2.16 bits per heavy atom. The number of nitrogens with one attached hydrogen (secondary N) is 1. The first-order valence-electron chi connectivity index (χ1n) is 6.74. The van der Waals surface area contributed by atoms with E-state index in [1.54, 1.807) is 6.07 Å². The summed E-state index contributed by atoms with van der Waals surface area (Å²) < 4.78 is 0.589. The van der Waals surface area contributed by atoms with Gasteiger partial charge in [0, 0.05) is 18.7 Å². The van der Waals surface area contributed by atoms with E-state index in [0.717, 1.165) is 11.5 Å². The van der Waals surface area contributed by atoms with Crippen LogP contribution in [-0.2, 0) is 6.54 Å². The highest BCUT2D eigenvalue weighted by Gasteiger charge is 2.21. The van der Waals surface area contributed by atoms with Crippen LogP contribution in [0.4, 0.5) is 5.69 Å². The van der Waals surface area contributed by atoms with Gasteiger partial charge in [-0.15, -0.1) is 0 Å².